The number of carbonyl (C=O) groups excluding carboxylic acids is 2. The molecule has 0 radical (unpaired) electrons. The lowest BCUT2D eigenvalue weighted by Gasteiger charge is -2.34. The van der Waals surface area contributed by atoms with Gasteiger partial charge in [-0.3, -0.25) is 9.20 Å². The summed E-state index contributed by atoms with van der Waals surface area (Å²) in [5, 5.41) is 0. The number of fused-ring (bicyclic) bond motifs is 1. The van der Waals surface area contributed by atoms with Crippen LogP contribution >= 0.6 is 0 Å². The Morgan fingerprint density at radius 1 is 1.06 bits per heavy atom. The fourth-order valence-electron chi connectivity index (χ4n) is 4.18. The summed E-state index contributed by atoms with van der Waals surface area (Å²) in [6.07, 6.45) is 1.63. The molecule has 4 rings (SSSR count). The van der Waals surface area contributed by atoms with E-state index in [2.05, 4.69) is 16.8 Å². The number of imidazole rings is 1. The molecule has 1 aliphatic heterocycles. The number of rotatable bonds is 5. The molecule has 0 bridgehead atoms. The Hall–Kier alpha value is -3.39. The van der Waals surface area contributed by atoms with Gasteiger partial charge in [0.25, 0.3) is 5.91 Å². The van der Waals surface area contributed by atoms with Gasteiger partial charge in [-0.25, -0.2) is 9.78 Å². The van der Waals surface area contributed by atoms with Gasteiger partial charge in [-0.2, -0.15) is 0 Å². The second-order valence-corrected chi connectivity index (χ2v) is 8.05. The van der Waals surface area contributed by atoms with Crippen molar-refractivity contribution >= 4 is 17.6 Å². The number of benzene rings is 1. The van der Waals surface area contributed by atoms with Gasteiger partial charge < -0.3 is 20.3 Å². The second-order valence-electron chi connectivity index (χ2n) is 8.05. The highest BCUT2D eigenvalue weighted by molar-refractivity contribution is 5.94. The van der Waals surface area contributed by atoms with Gasteiger partial charge in [0.05, 0.1) is 0 Å². The molecule has 0 unspecified atom stereocenters. The van der Waals surface area contributed by atoms with E-state index >= 15 is 0 Å². The maximum absolute atomic E-state index is 12.9. The first-order chi connectivity index (χ1) is 15.4. The Morgan fingerprint density at radius 2 is 1.75 bits per heavy atom. The van der Waals surface area contributed by atoms with Crippen LogP contribution in [-0.4, -0.2) is 63.9 Å². The van der Waals surface area contributed by atoms with Crippen molar-refractivity contribution < 1.29 is 14.3 Å². The summed E-state index contributed by atoms with van der Waals surface area (Å²) >= 11 is 0. The molecule has 0 saturated carbocycles. The standard InChI is InChI=1S/C24H29N5O3/c1-4-20-23(32-24(25)31)29-15-19(14-16(3)21(29)26-20)17-6-8-18(9-7-17)22(30)28-12-10-27(5-2)11-13-28/h6-9,14-15H,4-5,10-13H2,1-3H3,(H2,25,31). The van der Waals surface area contributed by atoms with Gasteiger partial charge in [-0.05, 0) is 54.8 Å². The van der Waals surface area contributed by atoms with Crippen molar-refractivity contribution in [3.8, 4) is 17.0 Å². The van der Waals surface area contributed by atoms with Gasteiger partial charge in [0.15, 0.2) is 0 Å². The molecule has 1 aliphatic rings. The van der Waals surface area contributed by atoms with Gasteiger partial charge in [0.1, 0.15) is 11.3 Å². The van der Waals surface area contributed by atoms with Crippen molar-refractivity contribution in [3.63, 3.8) is 0 Å². The number of aryl methyl sites for hydroxylation is 2. The number of primary amides is 1. The molecule has 2 N–H and O–H groups in total. The Morgan fingerprint density at radius 3 is 2.34 bits per heavy atom. The molecular weight excluding hydrogens is 406 g/mol. The van der Waals surface area contributed by atoms with E-state index in [1.807, 2.05) is 55.3 Å². The Labute approximate surface area is 187 Å². The fourth-order valence-corrected chi connectivity index (χ4v) is 4.18. The predicted molar refractivity (Wildman–Crippen MR) is 123 cm³/mol. The highest BCUT2D eigenvalue weighted by Gasteiger charge is 2.21. The number of likely N-dealkylation sites (N-methyl/N-ethyl adjacent to an activating group) is 1. The summed E-state index contributed by atoms with van der Waals surface area (Å²) in [7, 11) is 0. The van der Waals surface area contributed by atoms with Gasteiger partial charge >= 0.3 is 6.09 Å². The lowest BCUT2D eigenvalue weighted by Crippen LogP contribution is -2.48. The molecular formula is C24H29N5O3. The molecule has 3 aromatic rings. The first-order valence-electron chi connectivity index (χ1n) is 11.0. The molecule has 0 atom stereocenters. The summed E-state index contributed by atoms with van der Waals surface area (Å²) in [5.74, 6) is 0.413. The van der Waals surface area contributed by atoms with Crippen molar-refractivity contribution in [1.29, 1.82) is 0 Å². The monoisotopic (exact) mass is 435 g/mol. The van der Waals surface area contributed by atoms with Crippen LogP contribution in [0.1, 0.15) is 35.5 Å². The summed E-state index contributed by atoms with van der Waals surface area (Å²) in [5.41, 5.74) is 10.2. The van der Waals surface area contributed by atoms with Crippen LogP contribution in [0, 0.1) is 6.92 Å². The van der Waals surface area contributed by atoms with Crippen molar-refractivity contribution in [2.45, 2.75) is 27.2 Å². The first-order valence-corrected chi connectivity index (χ1v) is 11.0. The Bertz CT molecular complexity index is 1140. The van der Waals surface area contributed by atoms with Crippen molar-refractivity contribution in [2.24, 2.45) is 5.73 Å². The molecule has 0 aliphatic carbocycles. The zero-order valence-electron chi connectivity index (χ0n) is 18.8. The average Bonchev–Trinajstić information content (AvgIpc) is 3.16. The lowest BCUT2D eigenvalue weighted by atomic mass is 10.0. The number of amides is 2. The van der Waals surface area contributed by atoms with E-state index in [0.717, 1.165) is 55.1 Å². The molecule has 0 spiro atoms. The zero-order chi connectivity index (χ0) is 22.8. The number of carbonyl (C=O) groups is 2. The van der Waals surface area contributed by atoms with Crippen LogP contribution in [0.3, 0.4) is 0 Å². The van der Waals surface area contributed by atoms with Crippen LogP contribution in [0.5, 0.6) is 5.88 Å². The molecule has 32 heavy (non-hydrogen) atoms. The van der Waals surface area contributed by atoms with Crippen LogP contribution in [0.4, 0.5) is 4.79 Å². The van der Waals surface area contributed by atoms with E-state index in [0.29, 0.717) is 23.6 Å². The van der Waals surface area contributed by atoms with Crippen LogP contribution in [-0.2, 0) is 6.42 Å². The number of nitrogens with zero attached hydrogens (tertiary/aromatic N) is 4. The number of pyridine rings is 1. The number of hydrogen-bond acceptors (Lipinski definition) is 5. The molecule has 168 valence electrons. The third-order valence-corrected chi connectivity index (χ3v) is 6.03. The normalized spacial score (nSPS) is 14.7. The minimum absolute atomic E-state index is 0.0678. The maximum atomic E-state index is 12.9. The lowest BCUT2D eigenvalue weighted by molar-refractivity contribution is 0.0643. The van der Waals surface area contributed by atoms with Crippen LogP contribution in [0.2, 0.25) is 0 Å². The third-order valence-electron chi connectivity index (χ3n) is 6.03. The largest absolute Gasteiger partial charge is 0.411 e. The van der Waals surface area contributed by atoms with E-state index in [1.54, 1.807) is 4.40 Å². The molecule has 2 aromatic heterocycles. The van der Waals surface area contributed by atoms with Crippen LogP contribution < -0.4 is 10.5 Å². The van der Waals surface area contributed by atoms with E-state index in [-0.39, 0.29) is 5.91 Å². The SMILES string of the molecule is CCc1nc2c(C)cc(-c3ccc(C(=O)N4CCN(CC)CC4)cc3)cn2c1OC(N)=O. The molecule has 8 nitrogen and oxygen atoms in total. The Balaban J connectivity index is 1.62. The molecule has 2 amide bonds. The topological polar surface area (TPSA) is 93.2 Å². The quantitative estimate of drug-likeness (QED) is 0.665. The predicted octanol–water partition coefficient (Wildman–Crippen LogP) is 3.11. The second kappa shape index (κ2) is 9.00. The summed E-state index contributed by atoms with van der Waals surface area (Å²) < 4.78 is 7.02. The fraction of sp³-hybridized carbons (Fsp3) is 0.375. The van der Waals surface area contributed by atoms with Crippen molar-refractivity contribution in [1.82, 2.24) is 19.2 Å². The summed E-state index contributed by atoms with van der Waals surface area (Å²) in [6.45, 7) is 10.4. The molecule has 1 fully saturated rings. The highest BCUT2D eigenvalue weighted by Crippen LogP contribution is 2.29. The summed E-state index contributed by atoms with van der Waals surface area (Å²) in [4.78, 5) is 33.2. The molecule has 8 heteroatoms. The van der Waals surface area contributed by atoms with Gasteiger partial charge in [0.2, 0.25) is 5.88 Å². The van der Waals surface area contributed by atoms with E-state index in [4.69, 9.17) is 10.5 Å². The number of nitrogens with two attached hydrogens (primary N) is 1. The van der Waals surface area contributed by atoms with Crippen LogP contribution in [0.15, 0.2) is 36.5 Å². The number of piperazine rings is 1. The zero-order valence-corrected chi connectivity index (χ0v) is 18.8. The minimum atomic E-state index is -0.868. The number of aromatic nitrogens is 2. The number of hydrogen-bond donors (Lipinski definition) is 1. The van der Waals surface area contributed by atoms with Gasteiger partial charge in [-0.15, -0.1) is 0 Å². The minimum Gasteiger partial charge on any atom is -0.391 e. The van der Waals surface area contributed by atoms with Gasteiger partial charge in [-0.1, -0.05) is 26.0 Å². The summed E-state index contributed by atoms with van der Waals surface area (Å²) in [6, 6.07) is 9.67. The van der Waals surface area contributed by atoms with Crippen molar-refractivity contribution in [3.05, 3.63) is 53.3 Å². The van der Waals surface area contributed by atoms with E-state index in [1.165, 1.54) is 0 Å². The Kier molecular flexibility index (Phi) is 6.14. The highest BCUT2D eigenvalue weighted by atomic mass is 16.6. The average molecular weight is 436 g/mol. The third kappa shape index (κ3) is 4.18. The smallest absolute Gasteiger partial charge is 0.391 e. The van der Waals surface area contributed by atoms with Crippen LogP contribution in [0.25, 0.3) is 16.8 Å². The van der Waals surface area contributed by atoms with Crippen molar-refractivity contribution in [2.75, 3.05) is 32.7 Å². The maximum Gasteiger partial charge on any atom is 0.411 e. The van der Waals surface area contributed by atoms with E-state index in [9.17, 15) is 9.59 Å². The first kappa shape index (κ1) is 21.8. The van der Waals surface area contributed by atoms with E-state index < -0.39 is 6.09 Å². The number of ether oxygens (including phenoxy) is 1. The van der Waals surface area contributed by atoms with Gasteiger partial charge in [0, 0.05) is 37.9 Å². The molecule has 3 heterocycles. The molecule has 1 saturated heterocycles. The molecule has 1 aromatic carbocycles.